The molecule has 4 fully saturated rings. The highest BCUT2D eigenvalue weighted by Crippen LogP contribution is 2.35. The predicted octanol–water partition coefficient (Wildman–Crippen LogP) is 17.6. The quantitative estimate of drug-likeness (QED) is 0.152. The lowest BCUT2D eigenvalue weighted by Gasteiger charge is -2.34. The highest BCUT2D eigenvalue weighted by molar-refractivity contribution is 5.71. The third kappa shape index (κ3) is 48.9. The Kier molecular flexibility index (Phi) is 48.5. The maximum absolute atomic E-state index is 11.1. The van der Waals surface area contributed by atoms with E-state index in [9.17, 15) is 4.79 Å². The largest absolute Gasteiger partial charge is 0.461 e. The standard InChI is InChI=1S/C11H14O2.C10H15N.C9H18.C8H18N2.C8H17N.C6H12.C5H5N.C4H4N2.2C4H10/c1-9(2)11(12)13-8-10-6-4-3-5-7-10;1-9(2)11(3)10-7-5-4-6-8-10;1-8(2)9-6-4-3-5-7-9;1-8(2)10-6-4-9(3)5-7-10;1-8(2)9-6-4-3-5-7-9;1-5(2)6-3-4-6;1-2-4-6-5-3-1;1-2-5-4-6-3-1;2*1-4(2)3/h3-7,9H,8H2,1-2H3;4-9H,1-3H3;8-9H,3-7H2,1-2H3;8H,4-7H2,1-3H3;8H,3-7H2,1-2H3;5-6H,3-4H2,1-2H3;1-5H;1-4H;2*4H,1-3H3. The zero-order valence-electron chi connectivity index (χ0n) is 54.2. The number of likely N-dealkylation sites (tertiary alicyclic amines) is 1. The number of benzene rings is 2. The molecule has 0 bridgehead atoms. The van der Waals surface area contributed by atoms with Crippen LogP contribution in [-0.4, -0.2) is 107 Å². The lowest BCUT2D eigenvalue weighted by Crippen LogP contribution is -2.47. The molecule has 8 rings (SSSR count). The number of para-hydroxylation sites is 1. The third-order valence-electron chi connectivity index (χ3n) is 13.2. The van der Waals surface area contributed by atoms with Crippen LogP contribution in [0, 0.1) is 41.4 Å². The van der Waals surface area contributed by atoms with E-state index in [0.29, 0.717) is 12.6 Å². The van der Waals surface area contributed by atoms with Gasteiger partial charge in [-0.1, -0.05) is 176 Å². The summed E-state index contributed by atoms with van der Waals surface area (Å²) in [7, 11) is 4.30. The van der Waals surface area contributed by atoms with Gasteiger partial charge in [-0.2, -0.15) is 0 Å². The van der Waals surface area contributed by atoms with Crippen molar-refractivity contribution in [2.75, 3.05) is 58.3 Å². The van der Waals surface area contributed by atoms with E-state index in [0.717, 1.165) is 53.2 Å². The first-order valence-corrected chi connectivity index (χ1v) is 30.7. The Morgan fingerprint density at radius 3 is 1.19 bits per heavy atom. The number of carbonyl (C=O) groups is 1. The molecule has 9 heteroatoms. The van der Waals surface area contributed by atoms with Gasteiger partial charge < -0.3 is 19.4 Å². The van der Waals surface area contributed by atoms with E-state index in [2.05, 4.69) is 184 Å². The van der Waals surface area contributed by atoms with Gasteiger partial charge in [0.15, 0.2) is 0 Å². The average Bonchev–Trinajstić information content (AvgIpc) is 4.30. The summed E-state index contributed by atoms with van der Waals surface area (Å²) in [4.78, 5) is 32.0. The molecule has 2 aromatic heterocycles. The van der Waals surface area contributed by atoms with E-state index in [1.165, 1.54) is 115 Å². The van der Waals surface area contributed by atoms with Crippen LogP contribution in [0.25, 0.3) is 0 Å². The molecule has 4 heterocycles. The summed E-state index contributed by atoms with van der Waals surface area (Å²) in [5.41, 5.74) is 2.30. The highest BCUT2D eigenvalue weighted by Gasteiger charge is 2.24. The van der Waals surface area contributed by atoms with Crippen molar-refractivity contribution in [2.45, 2.75) is 214 Å². The average molecular weight is 1080 g/mol. The number of hydrogen-bond acceptors (Lipinski definition) is 9. The molecule has 0 spiro atoms. The molecule has 0 unspecified atom stereocenters. The van der Waals surface area contributed by atoms with Gasteiger partial charge in [0.05, 0.1) is 5.92 Å². The van der Waals surface area contributed by atoms with Crippen LogP contribution < -0.4 is 4.90 Å². The lowest BCUT2D eigenvalue weighted by atomic mass is 9.82. The van der Waals surface area contributed by atoms with Crippen LogP contribution in [0.4, 0.5) is 5.69 Å². The first kappa shape index (κ1) is 75.9. The van der Waals surface area contributed by atoms with Gasteiger partial charge >= 0.3 is 5.97 Å². The molecule has 2 saturated heterocycles. The molecule has 2 aromatic carbocycles. The van der Waals surface area contributed by atoms with E-state index >= 15 is 0 Å². The van der Waals surface area contributed by atoms with Crippen LogP contribution in [-0.2, 0) is 16.1 Å². The molecule has 2 aliphatic heterocycles. The number of ether oxygens (including phenoxy) is 1. The number of esters is 1. The smallest absolute Gasteiger partial charge is 0.308 e. The molecule has 9 nitrogen and oxygen atoms in total. The van der Waals surface area contributed by atoms with Crippen molar-refractivity contribution in [3.05, 3.63) is 122 Å². The highest BCUT2D eigenvalue weighted by atomic mass is 16.5. The molecule has 2 aliphatic carbocycles. The SMILES string of the molecule is CC(C)C.CC(C)C.CC(C)C(=O)OCc1ccccc1.CC(C)C1CC1.CC(C)C1CCCCC1.CC(C)N(C)c1ccccc1.CC(C)N1CCCCC1.CC(C)N1CCN(C)CC1.c1ccncc1.c1cncnc1. The fraction of sp³-hybridized carbons (Fsp3) is 0.681. The maximum atomic E-state index is 11.1. The van der Waals surface area contributed by atoms with Gasteiger partial charge in [-0.3, -0.25) is 14.7 Å². The monoisotopic (exact) mass is 1080 g/mol. The number of rotatable bonds is 9. The summed E-state index contributed by atoms with van der Waals surface area (Å²) in [5.74, 6) is 5.52. The maximum Gasteiger partial charge on any atom is 0.308 e. The lowest BCUT2D eigenvalue weighted by molar-refractivity contribution is -0.148. The summed E-state index contributed by atoms with van der Waals surface area (Å²) < 4.78 is 5.05. The Labute approximate surface area is 483 Å². The number of carbonyl (C=O) groups excluding carboxylic acids is 1. The molecule has 446 valence electrons. The second kappa shape index (κ2) is 49.8. The molecule has 78 heavy (non-hydrogen) atoms. The van der Waals surface area contributed by atoms with E-state index < -0.39 is 0 Å². The minimum absolute atomic E-state index is 0.0521. The van der Waals surface area contributed by atoms with Crippen LogP contribution in [0.1, 0.15) is 194 Å². The minimum atomic E-state index is -0.149. The topological polar surface area (TPSA) is 77.9 Å². The third-order valence-corrected chi connectivity index (χ3v) is 13.2. The molecular weight excluding hydrogens is 959 g/mol. The summed E-state index contributed by atoms with van der Waals surface area (Å²) >= 11 is 0. The molecule has 0 radical (unpaired) electrons. The summed E-state index contributed by atoms with van der Waals surface area (Å²) in [5, 5.41) is 0. The van der Waals surface area contributed by atoms with Crippen molar-refractivity contribution in [3.8, 4) is 0 Å². The molecular formula is C69H123N7O2. The van der Waals surface area contributed by atoms with Crippen LogP contribution >= 0.6 is 0 Å². The van der Waals surface area contributed by atoms with Gasteiger partial charge in [-0.25, -0.2) is 9.97 Å². The van der Waals surface area contributed by atoms with E-state index in [-0.39, 0.29) is 11.9 Å². The number of aromatic nitrogens is 3. The van der Waals surface area contributed by atoms with Crippen LogP contribution in [0.5, 0.6) is 0 Å². The Hall–Kier alpha value is -4.18. The Morgan fingerprint density at radius 1 is 0.500 bits per heavy atom. The van der Waals surface area contributed by atoms with E-state index in [4.69, 9.17) is 4.74 Å². The van der Waals surface area contributed by atoms with Crippen molar-refractivity contribution in [1.29, 1.82) is 0 Å². The number of piperazine rings is 1. The molecule has 4 aromatic rings. The first-order valence-electron chi connectivity index (χ1n) is 30.7. The van der Waals surface area contributed by atoms with Gasteiger partial charge in [0, 0.05) is 81.8 Å². The van der Waals surface area contributed by atoms with Crippen molar-refractivity contribution < 1.29 is 9.53 Å². The van der Waals surface area contributed by atoms with Gasteiger partial charge in [0.2, 0.25) is 0 Å². The van der Waals surface area contributed by atoms with Crippen LogP contribution in [0.2, 0.25) is 0 Å². The molecule has 0 N–H and O–H groups in total. The van der Waals surface area contributed by atoms with E-state index in [1.807, 2.05) is 68.4 Å². The fourth-order valence-electron chi connectivity index (χ4n) is 7.76. The van der Waals surface area contributed by atoms with Gasteiger partial charge in [0.25, 0.3) is 0 Å². The van der Waals surface area contributed by atoms with Crippen molar-refractivity contribution >= 4 is 11.7 Å². The van der Waals surface area contributed by atoms with Crippen molar-refractivity contribution in [1.82, 2.24) is 29.7 Å². The summed E-state index contributed by atoms with van der Waals surface area (Å²) in [6, 6.07) is 29.6. The number of piperidine rings is 1. The summed E-state index contributed by atoms with van der Waals surface area (Å²) in [6.07, 6.45) is 23.1. The molecule has 0 atom stereocenters. The van der Waals surface area contributed by atoms with E-state index in [1.54, 1.807) is 30.9 Å². The predicted molar refractivity (Wildman–Crippen MR) is 342 cm³/mol. The van der Waals surface area contributed by atoms with Gasteiger partial charge in [0.1, 0.15) is 12.9 Å². The summed E-state index contributed by atoms with van der Waals surface area (Å²) in [6.45, 7) is 47.4. The molecule has 2 saturated carbocycles. The number of anilines is 1. The van der Waals surface area contributed by atoms with Gasteiger partial charge in [-0.05, 0) is 159 Å². The minimum Gasteiger partial charge on any atom is -0.461 e. The molecule has 4 aliphatic rings. The second-order valence-electron chi connectivity index (χ2n) is 24.5. The number of hydrogen-bond donors (Lipinski definition) is 0. The van der Waals surface area contributed by atoms with Crippen LogP contribution in [0.3, 0.4) is 0 Å². The molecule has 0 amide bonds. The van der Waals surface area contributed by atoms with Crippen LogP contribution in [0.15, 0.2) is 116 Å². The fourth-order valence-corrected chi connectivity index (χ4v) is 7.76. The number of nitrogens with zero attached hydrogens (tertiary/aromatic N) is 7. The zero-order chi connectivity index (χ0) is 59.1. The van der Waals surface area contributed by atoms with Crippen molar-refractivity contribution in [3.63, 3.8) is 0 Å². The Bertz CT molecular complexity index is 1680. The number of pyridine rings is 1. The van der Waals surface area contributed by atoms with Gasteiger partial charge in [-0.15, -0.1) is 0 Å². The van der Waals surface area contributed by atoms with Crippen molar-refractivity contribution in [2.24, 2.45) is 41.4 Å². The normalized spacial score (nSPS) is 15.4. The number of likely N-dealkylation sites (N-methyl/N-ethyl adjacent to an activating group) is 1. The zero-order valence-corrected chi connectivity index (χ0v) is 54.2. The first-order chi connectivity index (χ1) is 37.0. The Balaban J connectivity index is 0. The Morgan fingerprint density at radius 2 is 0.897 bits per heavy atom. The second-order valence-corrected chi connectivity index (χ2v) is 24.5.